The van der Waals surface area contributed by atoms with E-state index in [2.05, 4.69) is 15.5 Å². The second-order valence-corrected chi connectivity index (χ2v) is 7.65. The summed E-state index contributed by atoms with van der Waals surface area (Å²) in [5.74, 6) is 0.492. The van der Waals surface area contributed by atoms with Crippen molar-refractivity contribution in [2.45, 2.75) is 23.9 Å². The third kappa shape index (κ3) is 5.02. The third-order valence-electron chi connectivity index (χ3n) is 3.86. The summed E-state index contributed by atoms with van der Waals surface area (Å²) in [7, 11) is 1.80. The number of nitrogens with zero attached hydrogens (tertiary/aromatic N) is 3. The second kappa shape index (κ2) is 9.07. The average Bonchev–Trinajstić information content (AvgIpc) is 3.01. The Hall–Kier alpha value is -2.58. The molecule has 0 saturated carbocycles. The van der Waals surface area contributed by atoms with Crippen molar-refractivity contribution < 1.29 is 13.9 Å². The Balaban J connectivity index is 1.60. The molecule has 0 radical (unpaired) electrons. The maximum Gasteiger partial charge on any atom is 0.237 e. The molecule has 1 N–H and O–H groups in total. The van der Waals surface area contributed by atoms with Gasteiger partial charge in [-0.1, -0.05) is 41.6 Å². The van der Waals surface area contributed by atoms with E-state index in [1.54, 1.807) is 36.7 Å². The summed E-state index contributed by atoms with van der Waals surface area (Å²) in [6, 6.07) is 12.9. The van der Waals surface area contributed by atoms with Crippen LogP contribution < -0.4 is 10.1 Å². The minimum atomic E-state index is -0.455. The van der Waals surface area contributed by atoms with Gasteiger partial charge in [0.05, 0.1) is 10.3 Å². The second-order valence-electron chi connectivity index (χ2n) is 5.94. The summed E-state index contributed by atoms with van der Waals surface area (Å²) in [5, 5.41) is 11.5. The van der Waals surface area contributed by atoms with Gasteiger partial charge in [0.15, 0.2) is 11.0 Å². The number of carbonyl (C=O) groups excluding carboxylic acids is 1. The van der Waals surface area contributed by atoms with Crippen LogP contribution in [0.1, 0.15) is 12.7 Å². The van der Waals surface area contributed by atoms with E-state index >= 15 is 0 Å². The Morgan fingerprint density at radius 1 is 1.29 bits per heavy atom. The van der Waals surface area contributed by atoms with E-state index < -0.39 is 11.1 Å². The summed E-state index contributed by atoms with van der Waals surface area (Å²) in [5.41, 5.74) is 0.407. The van der Waals surface area contributed by atoms with Crippen LogP contribution in [0.4, 0.5) is 10.1 Å². The van der Waals surface area contributed by atoms with Gasteiger partial charge in [0, 0.05) is 12.7 Å². The molecular formula is C19H18ClFN4O2S. The number of halogens is 2. The number of hydrogen-bond donors (Lipinski definition) is 1. The topological polar surface area (TPSA) is 69.0 Å². The Morgan fingerprint density at radius 3 is 2.82 bits per heavy atom. The smallest absolute Gasteiger partial charge is 0.237 e. The summed E-state index contributed by atoms with van der Waals surface area (Å²) < 4.78 is 20.7. The van der Waals surface area contributed by atoms with Crippen LogP contribution in [-0.4, -0.2) is 25.9 Å². The van der Waals surface area contributed by atoms with Crippen LogP contribution in [0.2, 0.25) is 5.02 Å². The molecule has 0 aliphatic rings. The quantitative estimate of drug-likeness (QED) is 0.577. The molecule has 1 unspecified atom stereocenters. The van der Waals surface area contributed by atoms with Crippen LogP contribution in [0.25, 0.3) is 0 Å². The molecule has 0 aliphatic carbocycles. The van der Waals surface area contributed by atoms with Crippen molar-refractivity contribution in [1.82, 2.24) is 14.8 Å². The molecule has 9 heteroatoms. The normalized spacial score (nSPS) is 11.9. The zero-order valence-corrected chi connectivity index (χ0v) is 16.8. The molecule has 3 aromatic rings. The van der Waals surface area contributed by atoms with Gasteiger partial charge in [-0.3, -0.25) is 4.79 Å². The van der Waals surface area contributed by atoms with Crippen molar-refractivity contribution in [2.75, 3.05) is 5.32 Å². The van der Waals surface area contributed by atoms with E-state index in [0.717, 1.165) is 0 Å². The number of nitrogens with one attached hydrogen (secondary N) is 1. The first-order valence-electron chi connectivity index (χ1n) is 8.42. The lowest BCUT2D eigenvalue weighted by Crippen LogP contribution is -2.23. The molecule has 1 aromatic heterocycles. The van der Waals surface area contributed by atoms with E-state index in [9.17, 15) is 9.18 Å². The van der Waals surface area contributed by atoms with Gasteiger partial charge in [-0.2, -0.15) is 0 Å². The fraction of sp³-hybridized carbons (Fsp3) is 0.211. The molecule has 1 amide bonds. The van der Waals surface area contributed by atoms with Crippen molar-refractivity contribution in [3.63, 3.8) is 0 Å². The number of amides is 1. The number of thioether (sulfide) groups is 1. The van der Waals surface area contributed by atoms with Gasteiger partial charge < -0.3 is 14.6 Å². The Bertz CT molecular complexity index is 982. The average molecular weight is 421 g/mol. The summed E-state index contributed by atoms with van der Waals surface area (Å²) in [4.78, 5) is 12.3. The van der Waals surface area contributed by atoms with Gasteiger partial charge in [-0.05, 0) is 37.3 Å². The van der Waals surface area contributed by atoms with Gasteiger partial charge >= 0.3 is 0 Å². The number of hydrogen-bond acceptors (Lipinski definition) is 5. The van der Waals surface area contributed by atoms with Crippen LogP contribution in [0, 0.1) is 5.82 Å². The first-order chi connectivity index (χ1) is 13.4. The molecule has 0 spiro atoms. The molecule has 1 atom stereocenters. The minimum Gasteiger partial charge on any atom is -0.484 e. The number of benzene rings is 2. The van der Waals surface area contributed by atoms with Crippen LogP contribution >= 0.6 is 23.4 Å². The highest BCUT2D eigenvalue weighted by atomic mass is 35.5. The number of carbonyl (C=O) groups is 1. The van der Waals surface area contributed by atoms with Crippen molar-refractivity contribution in [3.05, 3.63) is 65.2 Å². The molecular weight excluding hydrogens is 403 g/mol. The first-order valence-corrected chi connectivity index (χ1v) is 9.68. The zero-order chi connectivity index (χ0) is 20.1. The zero-order valence-electron chi connectivity index (χ0n) is 15.2. The Labute approximate surface area is 171 Å². The molecule has 1 heterocycles. The number of aromatic nitrogens is 3. The van der Waals surface area contributed by atoms with Gasteiger partial charge in [-0.15, -0.1) is 10.2 Å². The SMILES string of the molecule is CC(Sc1nnc(COc2ccccc2Cl)n1C)C(=O)Nc1cccc(F)c1. The Morgan fingerprint density at radius 2 is 2.07 bits per heavy atom. The fourth-order valence-electron chi connectivity index (χ4n) is 2.30. The number of rotatable bonds is 7. The predicted molar refractivity (Wildman–Crippen MR) is 107 cm³/mol. The maximum atomic E-state index is 13.2. The molecule has 0 saturated heterocycles. The monoisotopic (exact) mass is 420 g/mol. The molecule has 2 aromatic carbocycles. The number of ether oxygens (including phenoxy) is 1. The molecule has 28 heavy (non-hydrogen) atoms. The highest BCUT2D eigenvalue weighted by molar-refractivity contribution is 8.00. The van der Waals surface area contributed by atoms with Crippen LogP contribution in [-0.2, 0) is 18.4 Å². The van der Waals surface area contributed by atoms with Crippen molar-refractivity contribution in [1.29, 1.82) is 0 Å². The summed E-state index contributed by atoms with van der Waals surface area (Å²) >= 11 is 7.32. The van der Waals surface area contributed by atoms with E-state index in [4.69, 9.17) is 16.3 Å². The minimum absolute atomic E-state index is 0.192. The van der Waals surface area contributed by atoms with Crippen LogP contribution in [0.3, 0.4) is 0 Å². The van der Waals surface area contributed by atoms with Crippen molar-refractivity contribution in [3.8, 4) is 5.75 Å². The molecule has 0 aliphatic heterocycles. The lowest BCUT2D eigenvalue weighted by molar-refractivity contribution is -0.115. The predicted octanol–water partition coefficient (Wildman–Crippen LogP) is 4.31. The molecule has 0 bridgehead atoms. The van der Waals surface area contributed by atoms with E-state index in [0.29, 0.717) is 27.4 Å². The number of anilines is 1. The lowest BCUT2D eigenvalue weighted by atomic mass is 10.3. The van der Waals surface area contributed by atoms with Gasteiger partial charge in [0.1, 0.15) is 18.2 Å². The van der Waals surface area contributed by atoms with Crippen molar-refractivity contribution in [2.24, 2.45) is 7.05 Å². The third-order valence-corrected chi connectivity index (χ3v) is 5.31. The van der Waals surface area contributed by atoms with Crippen LogP contribution in [0.5, 0.6) is 5.75 Å². The Kier molecular flexibility index (Phi) is 6.53. The fourth-order valence-corrected chi connectivity index (χ4v) is 3.32. The highest BCUT2D eigenvalue weighted by Crippen LogP contribution is 2.26. The molecule has 3 rings (SSSR count). The van der Waals surface area contributed by atoms with Gasteiger partial charge in [-0.25, -0.2) is 4.39 Å². The van der Waals surface area contributed by atoms with E-state index in [-0.39, 0.29) is 12.5 Å². The summed E-state index contributed by atoms with van der Waals surface area (Å²) in [6.07, 6.45) is 0. The molecule has 146 valence electrons. The molecule has 6 nitrogen and oxygen atoms in total. The maximum absolute atomic E-state index is 13.2. The van der Waals surface area contributed by atoms with Gasteiger partial charge in [0.25, 0.3) is 0 Å². The number of para-hydroxylation sites is 1. The standard InChI is InChI=1S/C19H18ClFN4O2S/c1-12(18(26)22-14-7-5-6-13(21)10-14)28-19-24-23-17(25(19)2)11-27-16-9-4-3-8-15(16)20/h3-10,12H,11H2,1-2H3,(H,22,26). The van der Waals surface area contributed by atoms with E-state index in [1.165, 1.54) is 30.0 Å². The van der Waals surface area contributed by atoms with Crippen LogP contribution in [0.15, 0.2) is 53.7 Å². The summed E-state index contributed by atoms with van der Waals surface area (Å²) in [6.45, 7) is 1.94. The van der Waals surface area contributed by atoms with Gasteiger partial charge in [0.2, 0.25) is 5.91 Å². The van der Waals surface area contributed by atoms with E-state index in [1.807, 2.05) is 12.1 Å². The first kappa shape index (κ1) is 20.2. The van der Waals surface area contributed by atoms with Crippen molar-refractivity contribution >= 4 is 35.0 Å². The lowest BCUT2D eigenvalue weighted by Gasteiger charge is -2.12. The largest absolute Gasteiger partial charge is 0.484 e. The highest BCUT2D eigenvalue weighted by Gasteiger charge is 2.19. The molecule has 0 fully saturated rings.